The molecular weight excluding hydrogens is 142 g/mol. The van der Waals surface area contributed by atoms with Crippen LogP contribution < -0.4 is 4.74 Å². The number of halogens is 1. The van der Waals surface area contributed by atoms with Crippen LogP contribution in [0.15, 0.2) is 10.6 Å². The van der Waals surface area contributed by atoms with Crippen molar-refractivity contribution in [2.75, 3.05) is 7.11 Å². The van der Waals surface area contributed by atoms with Gasteiger partial charge in [-0.3, -0.25) is 0 Å². The third-order valence-electron chi connectivity index (χ3n) is 0.875. The van der Waals surface area contributed by atoms with Gasteiger partial charge in [-0.05, 0) is 0 Å². The van der Waals surface area contributed by atoms with Gasteiger partial charge in [0.2, 0.25) is 0 Å². The van der Waals surface area contributed by atoms with Gasteiger partial charge in [0, 0.05) is 6.07 Å². The maximum absolute atomic E-state index is 5.42. The van der Waals surface area contributed by atoms with Crippen molar-refractivity contribution >= 4 is 11.6 Å². The summed E-state index contributed by atoms with van der Waals surface area (Å²) in [5.74, 6) is 0.748. The van der Waals surface area contributed by atoms with E-state index < -0.39 is 0 Å². The van der Waals surface area contributed by atoms with E-state index in [1.807, 2.05) is 0 Å². The quantitative estimate of drug-likeness (QED) is 0.594. The number of methoxy groups -OCH3 is 1. The molecule has 3 nitrogen and oxygen atoms in total. The summed E-state index contributed by atoms with van der Waals surface area (Å²) in [6.45, 7) is 0. The molecule has 0 unspecified atom stereocenters. The predicted molar refractivity (Wildman–Crippen MR) is 32.6 cm³/mol. The van der Waals surface area contributed by atoms with Crippen molar-refractivity contribution in [3.63, 3.8) is 0 Å². The van der Waals surface area contributed by atoms with Crippen LogP contribution >= 0.6 is 11.6 Å². The van der Waals surface area contributed by atoms with Crippen molar-refractivity contribution < 1.29 is 9.26 Å². The van der Waals surface area contributed by atoms with Gasteiger partial charge < -0.3 is 9.26 Å². The molecule has 0 aliphatic rings. The minimum Gasteiger partial charge on any atom is -0.467 e. The summed E-state index contributed by atoms with van der Waals surface area (Å²) in [6, 6.07) is 1.65. The molecule has 4 heteroatoms. The van der Waals surface area contributed by atoms with E-state index in [0.29, 0.717) is 17.5 Å². The van der Waals surface area contributed by atoms with Gasteiger partial charge in [0.25, 0.3) is 0 Å². The Hall–Kier alpha value is -0.700. The highest BCUT2D eigenvalue weighted by Gasteiger charge is 1.99. The van der Waals surface area contributed by atoms with Gasteiger partial charge in [-0.1, -0.05) is 5.16 Å². The lowest BCUT2D eigenvalue weighted by atomic mass is 10.5. The van der Waals surface area contributed by atoms with Crippen molar-refractivity contribution in [3.05, 3.63) is 11.8 Å². The molecule has 50 valence electrons. The Bertz CT molecular complexity index is 168. The van der Waals surface area contributed by atoms with E-state index >= 15 is 0 Å². The third kappa shape index (κ3) is 1.36. The molecule has 1 heterocycles. The first kappa shape index (κ1) is 6.42. The molecule has 0 aromatic carbocycles. The van der Waals surface area contributed by atoms with Crippen LogP contribution in [0.2, 0.25) is 0 Å². The molecular formula is C5H6ClNO2. The molecule has 0 saturated heterocycles. The lowest BCUT2D eigenvalue weighted by Crippen LogP contribution is -1.76. The molecule has 1 aromatic rings. The number of rotatable bonds is 2. The Kier molecular flexibility index (Phi) is 1.95. The van der Waals surface area contributed by atoms with Crippen LogP contribution in [-0.2, 0) is 5.88 Å². The van der Waals surface area contributed by atoms with Crippen molar-refractivity contribution in [2.45, 2.75) is 5.88 Å². The first-order chi connectivity index (χ1) is 4.36. The Morgan fingerprint density at radius 1 is 1.89 bits per heavy atom. The molecule has 0 aliphatic heterocycles. The summed E-state index contributed by atoms with van der Waals surface area (Å²) in [5, 5.41) is 3.57. The van der Waals surface area contributed by atoms with Gasteiger partial charge in [-0.25, -0.2) is 0 Å². The minimum absolute atomic E-state index is 0.354. The zero-order chi connectivity index (χ0) is 6.69. The van der Waals surface area contributed by atoms with E-state index in [1.54, 1.807) is 6.07 Å². The normalized spacial score (nSPS) is 9.56. The van der Waals surface area contributed by atoms with Crippen LogP contribution in [0.5, 0.6) is 5.95 Å². The monoisotopic (exact) mass is 147 g/mol. The van der Waals surface area contributed by atoms with Gasteiger partial charge in [0.15, 0.2) is 0 Å². The Morgan fingerprint density at radius 3 is 3.00 bits per heavy atom. The molecule has 0 spiro atoms. The second-order valence-corrected chi connectivity index (χ2v) is 1.74. The fourth-order valence-corrected chi connectivity index (χ4v) is 0.577. The second kappa shape index (κ2) is 2.73. The summed E-state index contributed by atoms with van der Waals surface area (Å²) < 4.78 is 9.36. The predicted octanol–water partition coefficient (Wildman–Crippen LogP) is 1.42. The second-order valence-electron chi connectivity index (χ2n) is 1.48. The van der Waals surface area contributed by atoms with Crippen LogP contribution in [-0.4, -0.2) is 12.3 Å². The molecule has 0 aliphatic carbocycles. The Balaban J connectivity index is 2.74. The standard InChI is InChI=1S/C5H6ClNO2/c1-8-5-2-4(3-6)7-9-5/h2H,3H2,1H3. The summed E-state index contributed by atoms with van der Waals surface area (Å²) in [4.78, 5) is 0. The number of hydrogen-bond donors (Lipinski definition) is 0. The lowest BCUT2D eigenvalue weighted by Gasteiger charge is -1.83. The smallest absolute Gasteiger partial charge is 0.311 e. The van der Waals surface area contributed by atoms with E-state index in [9.17, 15) is 0 Å². The molecule has 0 amide bonds. The summed E-state index contributed by atoms with van der Waals surface area (Å²) >= 11 is 5.42. The average Bonchev–Trinajstić information content (AvgIpc) is 2.34. The van der Waals surface area contributed by atoms with Crippen molar-refractivity contribution in [3.8, 4) is 5.95 Å². The van der Waals surface area contributed by atoms with E-state index in [-0.39, 0.29) is 0 Å². The third-order valence-corrected chi connectivity index (χ3v) is 1.15. The fraction of sp³-hybridized carbons (Fsp3) is 0.400. The van der Waals surface area contributed by atoms with Crippen LogP contribution in [0.1, 0.15) is 5.69 Å². The highest BCUT2D eigenvalue weighted by Crippen LogP contribution is 2.12. The van der Waals surface area contributed by atoms with Crippen molar-refractivity contribution in [1.82, 2.24) is 5.16 Å². The topological polar surface area (TPSA) is 35.3 Å². The van der Waals surface area contributed by atoms with Crippen molar-refractivity contribution in [1.29, 1.82) is 0 Å². The van der Waals surface area contributed by atoms with Crippen molar-refractivity contribution in [2.24, 2.45) is 0 Å². The van der Waals surface area contributed by atoms with E-state index in [2.05, 4.69) is 9.68 Å². The van der Waals surface area contributed by atoms with Gasteiger partial charge in [0.05, 0.1) is 13.0 Å². The van der Waals surface area contributed by atoms with Crippen LogP contribution in [0.4, 0.5) is 0 Å². The first-order valence-electron chi connectivity index (χ1n) is 2.42. The molecule has 0 fully saturated rings. The average molecular weight is 148 g/mol. The van der Waals surface area contributed by atoms with Gasteiger partial charge in [0.1, 0.15) is 5.69 Å². The van der Waals surface area contributed by atoms with Gasteiger partial charge in [-0.2, -0.15) is 0 Å². The minimum atomic E-state index is 0.354. The van der Waals surface area contributed by atoms with Crippen LogP contribution in [0.3, 0.4) is 0 Å². The maximum Gasteiger partial charge on any atom is 0.311 e. The van der Waals surface area contributed by atoms with Gasteiger partial charge in [-0.15, -0.1) is 11.6 Å². The van der Waals surface area contributed by atoms with E-state index in [0.717, 1.165) is 0 Å². The highest BCUT2D eigenvalue weighted by molar-refractivity contribution is 6.16. The highest BCUT2D eigenvalue weighted by atomic mass is 35.5. The molecule has 0 saturated carbocycles. The fourth-order valence-electron chi connectivity index (χ4n) is 0.452. The molecule has 0 atom stereocenters. The molecule has 0 bridgehead atoms. The van der Waals surface area contributed by atoms with Gasteiger partial charge >= 0.3 is 5.95 Å². The number of aromatic nitrogens is 1. The lowest BCUT2D eigenvalue weighted by molar-refractivity contribution is 0.259. The molecule has 9 heavy (non-hydrogen) atoms. The maximum atomic E-state index is 5.42. The zero-order valence-electron chi connectivity index (χ0n) is 4.93. The Labute approximate surface area is 57.5 Å². The summed E-state index contributed by atoms with van der Waals surface area (Å²) in [7, 11) is 1.51. The molecule has 0 radical (unpaired) electrons. The number of nitrogens with zero attached hydrogens (tertiary/aromatic N) is 1. The number of alkyl halides is 1. The summed E-state index contributed by atoms with van der Waals surface area (Å²) in [5.41, 5.74) is 0.688. The van der Waals surface area contributed by atoms with E-state index in [1.165, 1.54) is 7.11 Å². The first-order valence-corrected chi connectivity index (χ1v) is 2.96. The Morgan fingerprint density at radius 2 is 2.67 bits per heavy atom. The largest absolute Gasteiger partial charge is 0.467 e. The molecule has 1 rings (SSSR count). The molecule has 1 aromatic heterocycles. The number of hydrogen-bond acceptors (Lipinski definition) is 3. The SMILES string of the molecule is COc1cc(CCl)no1. The summed E-state index contributed by atoms with van der Waals surface area (Å²) in [6.07, 6.45) is 0. The van der Waals surface area contributed by atoms with Crippen LogP contribution in [0, 0.1) is 0 Å². The van der Waals surface area contributed by atoms with E-state index in [4.69, 9.17) is 16.3 Å². The zero-order valence-corrected chi connectivity index (χ0v) is 5.68. The number of ether oxygens (including phenoxy) is 1. The van der Waals surface area contributed by atoms with Crippen LogP contribution in [0.25, 0.3) is 0 Å². The molecule has 0 N–H and O–H groups in total.